The number of imidazole rings is 1. The van der Waals surface area contributed by atoms with Gasteiger partial charge in [-0.25, -0.2) is 9.37 Å². The summed E-state index contributed by atoms with van der Waals surface area (Å²) in [5, 5.41) is 0.360. The van der Waals surface area contributed by atoms with Gasteiger partial charge in [0.25, 0.3) is 0 Å². The summed E-state index contributed by atoms with van der Waals surface area (Å²) in [6, 6.07) is 10.5. The maximum absolute atomic E-state index is 14.2. The number of aromatic nitrogens is 2. The number of benzene rings is 2. The third kappa shape index (κ3) is 2.30. The molecule has 0 radical (unpaired) electrons. The Morgan fingerprint density at radius 3 is 2.76 bits per heavy atom. The molecule has 0 aliphatic rings. The van der Waals surface area contributed by atoms with Gasteiger partial charge in [0.1, 0.15) is 11.6 Å². The van der Waals surface area contributed by atoms with Crippen LogP contribution in [-0.4, -0.2) is 9.55 Å². The number of hydrogen-bond acceptors (Lipinski definition) is 2. The van der Waals surface area contributed by atoms with E-state index in [0.717, 1.165) is 16.6 Å². The van der Waals surface area contributed by atoms with E-state index in [2.05, 4.69) is 4.98 Å². The van der Waals surface area contributed by atoms with Crippen LogP contribution in [-0.2, 0) is 13.1 Å². The number of hydrogen-bond donors (Lipinski definition) is 1. The summed E-state index contributed by atoms with van der Waals surface area (Å²) < 4.78 is 16.1. The van der Waals surface area contributed by atoms with Crippen LogP contribution < -0.4 is 5.73 Å². The molecule has 0 saturated carbocycles. The third-order valence-corrected chi connectivity index (χ3v) is 3.87. The molecule has 1 aromatic heterocycles. The lowest BCUT2D eigenvalue weighted by Crippen LogP contribution is -2.00. The lowest BCUT2D eigenvalue weighted by Gasteiger charge is -2.08. The summed E-state index contributed by atoms with van der Waals surface area (Å²) in [7, 11) is 0. The van der Waals surface area contributed by atoms with E-state index in [-0.39, 0.29) is 5.82 Å². The lowest BCUT2D eigenvalue weighted by atomic mass is 10.2. The van der Waals surface area contributed by atoms with E-state index >= 15 is 0 Å². The quantitative estimate of drug-likeness (QED) is 0.795. The summed E-state index contributed by atoms with van der Waals surface area (Å²) in [4.78, 5) is 4.57. The van der Waals surface area contributed by atoms with Crippen molar-refractivity contribution in [1.82, 2.24) is 9.55 Å². The molecule has 2 aromatic carbocycles. The molecule has 3 aromatic rings. The average molecular weight is 304 g/mol. The highest BCUT2D eigenvalue weighted by molar-refractivity contribution is 6.33. The SMILES string of the molecule is CCn1c(-c2c(F)cccc2Cl)nc2cc(CN)ccc21. The first-order valence-corrected chi connectivity index (χ1v) is 7.17. The summed E-state index contributed by atoms with van der Waals surface area (Å²) in [5.74, 6) is 0.177. The van der Waals surface area contributed by atoms with Gasteiger partial charge in [0.2, 0.25) is 0 Å². The van der Waals surface area contributed by atoms with Crippen LogP contribution in [0.25, 0.3) is 22.4 Å². The fraction of sp³-hybridized carbons (Fsp3) is 0.188. The Labute approximate surface area is 127 Å². The van der Waals surface area contributed by atoms with Crippen molar-refractivity contribution < 1.29 is 4.39 Å². The number of rotatable bonds is 3. The minimum Gasteiger partial charge on any atom is -0.326 e. The second-order valence-electron chi connectivity index (χ2n) is 4.80. The molecule has 0 atom stereocenters. The van der Waals surface area contributed by atoms with Crippen LogP contribution in [0.4, 0.5) is 4.39 Å². The molecule has 0 spiro atoms. The zero-order chi connectivity index (χ0) is 15.0. The number of fused-ring (bicyclic) bond motifs is 1. The molecule has 3 nitrogen and oxygen atoms in total. The molecule has 108 valence electrons. The fourth-order valence-corrected chi connectivity index (χ4v) is 2.77. The van der Waals surface area contributed by atoms with Crippen LogP contribution in [0.1, 0.15) is 12.5 Å². The molecule has 0 bridgehead atoms. The molecule has 0 aliphatic heterocycles. The molecule has 5 heteroatoms. The Morgan fingerprint density at radius 1 is 1.29 bits per heavy atom. The van der Waals surface area contributed by atoms with E-state index in [0.29, 0.717) is 29.5 Å². The molecule has 0 aliphatic carbocycles. The van der Waals surface area contributed by atoms with Gasteiger partial charge in [-0.2, -0.15) is 0 Å². The molecule has 0 fully saturated rings. The largest absolute Gasteiger partial charge is 0.326 e. The van der Waals surface area contributed by atoms with Crippen LogP contribution in [0.2, 0.25) is 5.02 Å². The van der Waals surface area contributed by atoms with Crippen molar-refractivity contribution >= 4 is 22.6 Å². The zero-order valence-corrected chi connectivity index (χ0v) is 12.4. The number of aryl methyl sites for hydroxylation is 1. The Hall–Kier alpha value is -1.91. The van der Waals surface area contributed by atoms with Crippen molar-refractivity contribution in [3.63, 3.8) is 0 Å². The molecule has 3 rings (SSSR count). The molecule has 21 heavy (non-hydrogen) atoms. The van der Waals surface area contributed by atoms with Gasteiger partial charge in [-0.3, -0.25) is 0 Å². The van der Waals surface area contributed by atoms with Crippen molar-refractivity contribution in [1.29, 1.82) is 0 Å². The monoisotopic (exact) mass is 303 g/mol. The van der Waals surface area contributed by atoms with E-state index in [4.69, 9.17) is 17.3 Å². The van der Waals surface area contributed by atoms with E-state index in [1.807, 2.05) is 29.7 Å². The number of halogens is 2. The standard InChI is InChI=1S/C16H15ClFN3/c1-2-21-14-7-6-10(9-19)8-13(14)20-16(21)15-11(17)4-3-5-12(15)18/h3-8H,2,9,19H2,1H3. The van der Waals surface area contributed by atoms with Gasteiger partial charge < -0.3 is 10.3 Å². The first kappa shape index (κ1) is 14.0. The second-order valence-corrected chi connectivity index (χ2v) is 5.21. The normalized spacial score (nSPS) is 11.2. The highest BCUT2D eigenvalue weighted by atomic mass is 35.5. The summed E-state index contributed by atoms with van der Waals surface area (Å²) in [6.07, 6.45) is 0. The predicted octanol–water partition coefficient (Wildman–Crippen LogP) is 3.97. The predicted molar refractivity (Wildman–Crippen MR) is 83.7 cm³/mol. The molecule has 0 unspecified atom stereocenters. The van der Waals surface area contributed by atoms with Crippen molar-refractivity contribution in [2.24, 2.45) is 5.73 Å². The minimum atomic E-state index is -0.369. The Bertz CT molecular complexity index is 790. The molecule has 2 N–H and O–H groups in total. The second kappa shape index (κ2) is 5.47. The summed E-state index contributed by atoms with van der Waals surface area (Å²) in [6.45, 7) is 3.12. The van der Waals surface area contributed by atoms with Gasteiger partial charge in [0, 0.05) is 13.1 Å². The Kier molecular flexibility index (Phi) is 3.66. The van der Waals surface area contributed by atoms with Crippen LogP contribution in [0, 0.1) is 5.82 Å². The molecule has 1 heterocycles. The van der Waals surface area contributed by atoms with E-state index in [1.54, 1.807) is 12.1 Å². The summed E-state index contributed by atoms with van der Waals surface area (Å²) in [5.41, 5.74) is 8.74. The van der Waals surface area contributed by atoms with Gasteiger partial charge >= 0.3 is 0 Å². The van der Waals surface area contributed by atoms with Gasteiger partial charge in [0.15, 0.2) is 0 Å². The topological polar surface area (TPSA) is 43.8 Å². The van der Waals surface area contributed by atoms with Crippen molar-refractivity contribution in [3.05, 3.63) is 52.8 Å². The molecule has 0 saturated heterocycles. The lowest BCUT2D eigenvalue weighted by molar-refractivity contribution is 0.628. The van der Waals surface area contributed by atoms with E-state index in [1.165, 1.54) is 6.07 Å². The Balaban J connectivity index is 2.32. The maximum Gasteiger partial charge on any atom is 0.145 e. The van der Waals surface area contributed by atoms with Gasteiger partial charge in [-0.05, 0) is 36.8 Å². The average Bonchev–Trinajstić information content (AvgIpc) is 2.84. The smallest absolute Gasteiger partial charge is 0.145 e. The summed E-state index contributed by atoms with van der Waals surface area (Å²) >= 11 is 6.17. The van der Waals surface area contributed by atoms with Crippen LogP contribution in [0.3, 0.4) is 0 Å². The van der Waals surface area contributed by atoms with Crippen molar-refractivity contribution in [3.8, 4) is 11.4 Å². The maximum atomic E-state index is 14.2. The molecule has 0 amide bonds. The van der Waals surface area contributed by atoms with E-state index < -0.39 is 0 Å². The molecular formula is C16H15ClFN3. The van der Waals surface area contributed by atoms with Gasteiger partial charge in [-0.1, -0.05) is 23.7 Å². The van der Waals surface area contributed by atoms with Gasteiger partial charge in [0.05, 0.1) is 21.6 Å². The highest BCUT2D eigenvalue weighted by Crippen LogP contribution is 2.32. The van der Waals surface area contributed by atoms with Crippen LogP contribution in [0.15, 0.2) is 36.4 Å². The number of nitrogens with two attached hydrogens (primary N) is 1. The Morgan fingerprint density at radius 2 is 2.10 bits per heavy atom. The van der Waals surface area contributed by atoms with Crippen molar-refractivity contribution in [2.45, 2.75) is 20.0 Å². The molecular weight excluding hydrogens is 289 g/mol. The first-order valence-electron chi connectivity index (χ1n) is 6.79. The van der Waals surface area contributed by atoms with Crippen LogP contribution in [0.5, 0.6) is 0 Å². The first-order chi connectivity index (χ1) is 10.2. The van der Waals surface area contributed by atoms with E-state index in [9.17, 15) is 4.39 Å². The third-order valence-electron chi connectivity index (χ3n) is 3.55. The fourth-order valence-electron chi connectivity index (χ4n) is 2.52. The zero-order valence-electron chi connectivity index (χ0n) is 11.6. The van der Waals surface area contributed by atoms with Crippen LogP contribution >= 0.6 is 11.6 Å². The minimum absolute atomic E-state index is 0.339. The highest BCUT2D eigenvalue weighted by Gasteiger charge is 2.17. The number of nitrogens with zero attached hydrogens (tertiary/aromatic N) is 2. The van der Waals surface area contributed by atoms with Gasteiger partial charge in [-0.15, -0.1) is 0 Å². The van der Waals surface area contributed by atoms with Crippen molar-refractivity contribution in [2.75, 3.05) is 0 Å².